The average molecular weight is 466 g/mol. The summed E-state index contributed by atoms with van der Waals surface area (Å²) in [5, 5.41) is 2.94. The van der Waals surface area contributed by atoms with E-state index in [2.05, 4.69) is 33.5 Å². The van der Waals surface area contributed by atoms with Gasteiger partial charge in [0.2, 0.25) is 0 Å². The molecule has 7 heteroatoms. The number of allylic oxidation sites excluding steroid dienone is 3. The van der Waals surface area contributed by atoms with Crippen molar-refractivity contribution in [2.24, 2.45) is 11.3 Å². The second-order valence-corrected chi connectivity index (χ2v) is 10.8. The smallest absolute Gasteiger partial charge is 0.316 e. The molecular formula is C27H37N4O3+. The number of hydrogen-bond acceptors (Lipinski definition) is 5. The first-order chi connectivity index (χ1) is 16.5. The number of rotatable bonds is 6. The van der Waals surface area contributed by atoms with Crippen LogP contribution in [0.4, 0.5) is 5.82 Å². The summed E-state index contributed by atoms with van der Waals surface area (Å²) >= 11 is 0. The van der Waals surface area contributed by atoms with Crippen molar-refractivity contribution in [1.82, 2.24) is 9.97 Å². The number of piperidine rings is 3. The number of aromatic nitrogens is 2. The largest absolute Gasteiger partial charge is 0.455 e. The Hall–Kier alpha value is -2.54. The zero-order valence-corrected chi connectivity index (χ0v) is 20.3. The molecule has 7 nitrogen and oxygen atoms in total. The Balaban J connectivity index is 1.27. The molecule has 6 rings (SSSR count). The molecule has 1 aromatic heterocycles. The standard InChI is InChI=1S/C27H36N4O3/c1-20-16-24(29-19-28-20)30-25(32)18-31-14-10-21(11-15-31)23(17-31)34-26(33)27(22-8-4-5-9-22)12-6-2-3-7-13-27/h4-5,8,16,19,21,23H,2-3,6-7,9-15,17-18H2,1H3/p+1/t21?,23-,31?/m0/s1. The highest BCUT2D eigenvalue weighted by atomic mass is 16.5. The van der Waals surface area contributed by atoms with E-state index in [1.54, 1.807) is 6.07 Å². The van der Waals surface area contributed by atoms with Crippen LogP contribution in [0.5, 0.6) is 0 Å². The lowest BCUT2D eigenvalue weighted by atomic mass is 9.73. The molecule has 4 heterocycles. The average Bonchev–Trinajstić information content (AvgIpc) is 3.24. The molecule has 0 radical (unpaired) electrons. The molecule has 0 aromatic carbocycles. The second kappa shape index (κ2) is 9.61. The topological polar surface area (TPSA) is 81.2 Å². The van der Waals surface area contributed by atoms with E-state index >= 15 is 0 Å². The van der Waals surface area contributed by atoms with E-state index in [1.165, 1.54) is 24.7 Å². The van der Waals surface area contributed by atoms with Gasteiger partial charge in [0.15, 0.2) is 12.6 Å². The van der Waals surface area contributed by atoms with Crippen LogP contribution in [-0.2, 0) is 14.3 Å². The Kier molecular flexibility index (Phi) is 6.56. The van der Waals surface area contributed by atoms with E-state index in [-0.39, 0.29) is 18.0 Å². The van der Waals surface area contributed by atoms with Crippen LogP contribution in [-0.4, -0.2) is 58.6 Å². The van der Waals surface area contributed by atoms with Crippen molar-refractivity contribution in [1.29, 1.82) is 0 Å². The minimum Gasteiger partial charge on any atom is -0.455 e. The molecule has 34 heavy (non-hydrogen) atoms. The number of hydrogen-bond donors (Lipinski definition) is 1. The molecule has 3 aliphatic heterocycles. The monoisotopic (exact) mass is 465 g/mol. The first kappa shape index (κ1) is 23.2. The summed E-state index contributed by atoms with van der Waals surface area (Å²) in [5.74, 6) is 0.905. The van der Waals surface area contributed by atoms with Gasteiger partial charge in [0.25, 0.3) is 5.91 Å². The first-order valence-electron chi connectivity index (χ1n) is 13.0. The third kappa shape index (κ3) is 4.67. The predicted octanol–water partition coefficient (Wildman–Crippen LogP) is 4.10. The van der Waals surface area contributed by atoms with Crippen molar-refractivity contribution >= 4 is 17.7 Å². The zero-order valence-electron chi connectivity index (χ0n) is 20.3. The number of esters is 1. The highest BCUT2D eigenvalue weighted by Crippen LogP contribution is 2.46. The van der Waals surface area contributed by atoms with E-state index in [1.807, 2.05) is 6.92 Å². The Morgan fingerprint density at radius 1 is 1.15 bits per heavy atom. The maximum absolute atomic E-state index is 13.8. The zero-order chi connectivity index (χ0) is 23.6. The number of fused-ring (bicyclic) bond motifs is 3. The molecule has 2 bridgehead atoms. The normalized spacial score (nSPS) is 29.9. The fourth-order valence-electron chi connectivity index (χ4n) is 6.63. The Morgan fingerprint density at radius 2 is 1.91 bits per heavy atom. The van der Waals surface area contributed by atoms with Gasteiger partial charge in [-0.25, -0.2) is 9.97 Å². The van der Waals surface area contributed by atoms with Gasteiger partial charge < -0.3 is 14.5 Å². The lowest BCUT2D eigenvalue weighted by Gasteiger charge is -2.52. The minimum atomic E-state index is -0.459. The van der Waals surface area contributed by atoms with E-state index in [0.29, 0.717) is 22.8 Å². The van der Waals surface area contributed by atoms with Crippen molar-refractivity contribution < 1.29 is 18.8 Å². The quantitative estimate of drug-likeness (QED) is 0.389. The molecule has 0 spiro atoms. The summed E-state index contributed by atoms with van der Waals surface area (Å²) in [6.07, 6.45) is 17.0. The van der Waals surface area contributed by atoms with Crippen LogP contribution < -0.4 is 5.32 Å². The first-order valence-corrected chi connectivity index (χ1v) is 13.0. The van der Waals surface area contributed by atoms with Crippen molar-refractivity contribution in [3.8, 4) is 0 Å². The highest BCUT2D eigenvalue weighted by Gasteiger charge is 2.51. The molecule has 182 valence electrons. The molecule has 5 aliphatic rings. The molecular weight excluding hydrogens is 428 g/mol. The summed E-state index contributed by atoms with van der Waals surface area (Å²) < 4.78 is 7.10. The number of anilines is 1. The van der Waals surface area contributed by atoms with E-state index in [0.717, 1.165) is 70.3 Å². The maximum Gasteiger partial charge on any atom is 0.316 e. The molecule has 1 saturated carbocycles. The summed E-state index contributed by atoms with van der Waals surface area (Å²) in [4.78, 5) is 35.0. The fourth-order valence-corrected chi connectivity index (χ4v) is 6.63. The maximum atomic E-state index is 13.8. The van der Waals surface area contributed by atoms with Crippen LogP contribution in [0.2, 0.25) is 0 Å². The fraction of sp³-hybridized carbons (Fsp3) is 0.630. The number of carbonyl (C=O) groups is 2. The third-order valence-electron chi connectivity index (χ3n) is 8.58. The Morgan fingerprint density at radius 3 is 2.59 bits per heavy atom. The summed E-state index contributed by atoms with van der Waals surface area (Å²) in [6.45, 7) is 4.94. The molecule has 1 aromatic rings. The SMILES string of the molecule is Cc1cc(NC(=O)C[N+]23CCC(CC2)[C@@H](OC(=O)C2(C4=CC=CC4)CCCCCC2)C3)ncn1. The Bertz CT molecular complexity index is 985. The van der Waals surface area contributed by atoms with Gasteiger partial charge >= 0.3 is 5.97 Å². The molecule has 2 aliphatic carbocycles. The van der Waals surface area contributed by atoms with Crippen LogP contribution in [0.25, 0.3) is 0 Å². The second-order valence-electron chi connectivity index (χ2n) is 10.8. The molecule has 1 N–H and O–H groups in total. The van der Waals surface area contributed by atoms with Gasteiger partial charge in [0.1, 0.15) is 18.7 Å². The lowest BCUT2D eigenvalue weighted by molar-refractivity contribution is -0.939. The van der Waals surface area contributed by atoms with Gasteiger partial charge in [-0.2, -0.15) is 0 Å². The van der Waals surface area contributed by atoms with Gasteiger partial charge in [-0.1, -0.05) is 43.9 Å². The van der Waals surface area contributed by atoms with Crippen LogP contribution >= 0.6 is 0 Å². The summed E-state index contributed by atoms with van der Waals surface area (Å²) in [6, 6.07) is 1.78. The van der Waals surface area contributed by atoms with E-state index in [9.17, 15) is 9.59 Å². The molecule has 4 fully saturated rings. The molecule has 1 amide bonds. The molecule has 3 saturated heterocycles. The lowest BCUT2D eigenvalue weighted by Crippen LogP contribution is -2.66. The predicted molar refractivity (Wildman–Crippen MR) is 130 cm³/mol. The number of amides is 1. The van der Waals surface area contributed by atoms with Gasteiger partial charge in [-0.15, -0.1) is 0 Å². The number of nitrogens with one attached hydrogen (secondary N) is 1. The van der Waals surface area contributed by atoms with E-state index < -0.39 is 5.41 Å². The van der Waals surface area contributed by atoms with Crippen molar-refractivity contribution in [3.63, 3.8) is 0 Å². The molecule has 0 unspecified atom stereocenters. The van der Waals surface area contributed by atoms with Crippen LogP contribution in [0, 0.1) is 18.3 Å². The number of ether oxygens (including phenoxy) is 1. The highest BCUT2D eigenvalue weighted by molar-refractivity contribution is 5.90. The summed E-state index contributed by atoms with van der Waals surface area (Å²) in [5.41, 5.74) is 1.60. The third-order valence-corrected chi connectivity index (χ3v) is 8.58. The minimum absolute atomic E-state index is 0.0119. The van der Waals surface area contributed by atoms with Gasteiger partial charge in [0.05, 0.1) is 18.5 Å². The Labute approximate surface area is 202 Å². The number of quaternary nitrogens is 1. The van der Waals surface area contributed by atoms with Crippen molar-refractivity contribution in [3.05, 3.63) is 41.9 Å². The van der Waals surface area contributed by atoms with Gasteiger partial charge in [-0.05, 0) is 31.8 Å². The number of nitrogens with zero attached hydrogens (tertiary/aromatic N) is 3. The van der Waals surface area contributed by atoms with E-state index in [4.69, 9.17) is 4.74 Å². The van der Waals surface area contributed by atoms with Crippen molar-refractivity contribution in [2.75, 3.05) is 31.5 Å². The number of carbonyl (C=O) groups excluding carboxylic acids is 2. The number of aryl methyl sites for hydroxylation is 1. The van der Waals surface area contributed by atoms with Crippen LogP contribution in [0.15, 0.2) is 36.2 Å². The van der Waals surface area contributed by atoms with Crippen LogP contribution in [0.1, 0.15) is 63.5 Å². The molecule has 1 atom stereocenters. The van der Waals surface area contributed by atoms with Gasteiger partial charge in [0, 0.05) is 30.5 Å². The van der Waals surface area contributed by atoms with Gasteiger partial charge in [-0.3, -0.25) is 9.59 Å². The van der Waals surface area contributed by atoms with Crippen LogP contribution in [0.3, 0.4) is 0 Å². The van der Waals surface area contributed by atoms with Crippen molar-refractivity contribution in [2.45, 2.75) is 70.8 Å². The summed E-state index contributed by atoms with van der Waals surface area (Å²) in [7, 11) is 0.